The van der Waals surface area contributed by atoms with Gasteiger partial charge in [-0.05, 0) is 33.1 Å². The third-order valence-electron chi connectivity index (χ3n) is 3.23. The van der Waals surface area contributed by atoms with Crippen molar-refractivity contribution in [2.24, 2.45) is 11.1 Å². The Hall–Kier alpha value is -1.10. The van der Waals surface area contributed by atoms with Gasteiger partial charge in [0.2, 0.25) is 11.8 Å². The highest BCUT2D eigenvalue weighted by Crippen LogP contribution is 2.29. The molecule has 1 aliphatic rings. The molecule has 0 saturated heterocycles. The molecule has 1 fully saturated rings. The molecule has 0 unspecified atom stereocenters. The summed E-state index contributed by atoms with van der Waals surface area (Å²) in [6.07, 6.45) is 2.47. The first-order chi connectivity index (χ1) is 7.32. The Morgan fingerprint density at radius 1 is 1.38 bits per heavy atom. The van der Waals surface area contributed by atoms with Gasteiger partial charge in [0, 0.05) is 13.6 Å². The molecule has 0 bridgehead atoms. The Morgan fingerprint density at radius 2 is 1.94 bits per heavy atom. The van der Waals surface area contributed by atoms with Crippen LogP contribution in [0.15, 0.2) is 0 Å². The van der Waals surface area contributed by atoms with Crippen molar-refractivity contribution in [3.05, 3.63) is 0 Å². The highest BCUT2D eigenvalue weighted by molar-refractivity contribution is 5.88. The average molecular weight is 227 g/mol. The van der Waals surface area contributed by atoms with E-state index in [9.17, 15) is 9.59 Å². The van der Waals surface area contributed by atoms with Crippen LogP contribution < -0.4 is 16.4 Å². The summed E-state index contributed by atoms with van der Waals surface area (Å²) in [4.78, 5) is 23.2. The zero-order valence-corrected chi connectivity index (χ0v) is 10.2. The number of hydrogen-bond acceptors (Lipinski definition) is 3. The van der Waals surface area contributed by atoms with Crippen LogP contribution in [0.3, 0.4) is 0 Å². The van der Waals surface area contributed by atoms with Crippen molar-refractivity contribution in [2.45, 2.75) is 38.6 Å². The van der Waals surface area contributed by atoms with Crippen molar-refractivity contribution in [3.63, 3.8) is 0 Å². The number of amides is 2. The monoisotopic (exact) mass is 227 g/mol. The second-order valence-electron chi connectivity index (χ2n) is 5.16. The van der Waals surface area contributed by atoms with Crippen LogP contribution in [0, 0.1) is 5.41 Å². The summed E-state index contributed by atoms with van der Waals surface area (Å²) in [5.41, 5.74) is 4.57. The van der Waals surface area contributed by atoms with Gasteiger partial charge in [0.05, 0.1) is 11.0 Å². The molecule has 5 heteroatoms. The number of nitrogens with two attached hydrogens (primary N) is 1. The van der Waals surface area contributed by atoms with Gasteiger partial charge in [-0.25, -0.2) is 0 Å². The summed E-state index contributed by atoms with van der Waals surface area (Å²) < 4.78 is 0. The van der Waals surface area contributed by atoms with Crippen molar-refractivity contribution in [3.8, 4) is 0 Å². The lowest BCUT2D eigenvalue weighted by molar-refractivity contribution is -0.132. The standard InChI is InChI=1S/C11H21N3O2/c1-10(2,8(15)13-3)7-14-9(16)11(12)5-4-6-11/h4-7,12H2,1-3H3,(H,13,15)(H,14,16). The second kappa shape index (κ2) is 4.41. The molecule has 0 aromatic rings. The summed E-state index contributed by atoms with van der Waals surface area (Å²) >= 11 is 0. The van der Waals surface area contributed by atoms with Gasteiger partial charge in [-0.3, -0.25) is 9.59 Å². The highest BCUT2D eigenvalue weighted by atomic mass is 16.2. The average Bonchev–Trinajstić information content (AvgIpc) is 2.21. The molecule has 0 radical (unpaired) electrons. The minimum absolute atomic E-state index is 0.0903. The maximum Gasteiger partial charge on any atom is 0.240 e. The van der Waals surface area contributed by atoms with Crippen molar-refractivity contribution < 1.29 is 9.59 Å². The Balaban J connectivity index is 2.45. The molecule has 0 aromatic heterocycles. The minimum Gasteiger partial charge on any atom is -0.359 e. The molecule has 4 N–H and O–H groups in total. The normalized spacial score (nSPS) is 18.5. The minimum atomic E-state index is -0.696. The van der Waals surface area contributed by atoms with E-state index in [2.05, 4.69) is 10.6 Å². The first kappa shape index (κ1) is 13.0. The smallest absolute Gasteiger partial charge is 0.240 e. The molecule has 0 spiro atoms. The van der Waals surface area contributed by atoms with Crippen LogP contribution in [0.4, 0.5) is 0 Å². The highest BCUT2D eigenvalue weighted by Gasteiger charge is 2.40. The van der Waals surface area contributed by atoms with Crippen LogP contribution in [0.25, 0.3) is 0 Å². The van der Waals surface area contributed by atoms with Gasteiger partial charge in [0.15, 0.2) is 0 Å². The van der Waals surface area contributed by atoms with Crippen LogP contribution in [-0.4, -0.2) is 30.9 Å². The molecule has 1 aliphatic carbocycles. The molecule has 0 heterocycles. The molecule has 0 aliphatic heterocycles. The zero-order chi connectivity index (χ0) is 12.4. The van der Waals surface area contributed by atoms with E-state index in [0.29, 0.717) is 6.54 Å². The number of rotatable bonds is 4. The van der Waals surface area contributed by atoms with Crippen LogP contribution in [0.2, 0.25) is 0 Å². The van der Waals surface area contributed by atoms with Crippen molar-refractivity contribution >= 4 is 11.8 Å². The van der Waals surface area contributed by atoms with Gasteiger partial charge < -0.3 is 16.4 Å². The fraction of sp³-hybridized carbons (Fsp3) is 0.818. The van der Waals surface area contributed by atoms with Crippen LogP contribution >= 0.6 is 0 Å². The lowest BCUT2D eigenvalue weighted by Gasteiger charge is -2.37. The molecule has 5 nitrogen and oxygen atoms in total. The molecular formula is C11H21N3O2. The fourth-order valence-electron chi connectivity index (χ4n) is 1.68. The summed E-state index contributed by atoms with van der Waals surface area (Å²) in [5.74, 6) is -0.233. The summed E-state index contributed by atoms with van der Waals surface area (Å²) in [6, 6.07) is 0. The summed E-state index contributed by atoms with van der Waals surface area (Å²) in [7, 11) is 1.59. The summed E-state index contributed by atoms with van der Waals surface area (Å²) in [5, 5.41) is 5.33. The first-order valence-electron chi connectivity index (χ1n) is 5.61. The second-order valence-corrected chi connectivity index (χ2v) is 5.16. The molecule has 0 atom stereocenters. The number of nitrogens with one attached hydrogen (secondary N) is 2. The number of hydrogen-bond donors (Lipinski definition) is 3. The van der Waals surface area contributed by atoms with E-state index in [1.807, 2.05) is 0 Å². The Morgan fingerprint density at radius 3 is 2.31 bits per heavy atom. The predicted octanol–water partition coefficient (Wildman–Crippen LogP) is -0.244. The Labute approximate surface area is 96.1 Å². The molecular weight excluding hydrogens is 206 g/mol. The lowest BCUT2D eigenvalue weighted by Crippen LogP contribution is -2.60. The molecule has 1 saturated carbocycles. The topological polar surface area (TPSA) is 84.2 Å². The first-order valence-corrected chi connectivity index (χ1v) is 5.61. The van der Waals surface area contributed by atoms with E-state index in [1.165, 1.54) is 0 Å². The molecule has 1 rings (SSSR count). The van der Waals surface area contributed by atoms with Crippen molar-refractivity contribution in [1.29, 1.82) is 0 Å². The molecule has 2 amide bonds. The molecule has 16 heavy (non-hydrogen) atoms. The van der Waals surface area contributed by atoms with E-state index < -0.39 is 11.0 Å². The van der Waals surface area contributed by atoms with E-state index in [1.54, 1.807) is 20.9 Å². The van der Waals surface area contributed by atoms with Gasteiger partial charge in [-0.2, -0.15) is 0 Å². The van der Waals surface area contributed by atoms with Crippen LogP contribution in [0.1, 0.15) is 33.1 Å². The summed E-state index contributed by atoms with van der Waals surface area (Å²) in [6.45, 7) is 3.89. The quantitative estimate of drug-likeness (QED) is 0.619. The molecule has 0 aromatic carbocycles. The van der Waals surface area contributed by atoms with Gasteiger partial charge in [-0.1, -0.05) is 0 Å². The maximum absolute atomic E-state index is 11.7. The van der Waals surface area contributed by atoms with Crippen molar-refractivity contribution in [2.75, 3.05) is 13.6 Å². The van der Waals surface area contributed by atoms with E-state index in [4.69, 9.17) is 5.73 Å². The van der Waals surface area contributed by atoms with Crippen LogP contribution in [0.5, 0.6) is 0 Å². The Kier molecular flexibility index (Phi) is 3.57. The van der Waals surface area contributed by atoms with E-state index in [0.717, 1.165) is 19.3 Å². The largest absolute Gasteiger partial charge is 0.359 e. The van der Waals surface area contributed by atoms with Gasteiger partial charge in [-0.15, -0.1) is 0 Å². The van der Waals surface area contributed by atoms with E-state index in [-0.39, 0.29) is 11.8 Å². The van der Waals surface area contributed by atoms with E-state index >= 15 is 0 Å². The van der Waals surface area contributed by atoms with Gasteiger partial charge in [0.25, 0.3) is 0 Å². The third-order valence-corrected chi connectivity index (χ3v) is 3.23. The lowest BCUT2D eigenvalue weighted by atomic mass is 9.77. The molecule has 92 valence electrons. The maximum atomic E-state index is 11.7. The van der Waals surface area contributed by atoms with Crippen molar-refractivity contribution in [1.82, 2.24) is 10.6 Å². The van der Waals surface area contributed by atoms with Gasteiger partial charge >= 0.3 is 0 Å². The van der Waals surface area contributed by atoms with Crippen LogP contribution in [-0.2, 0) is 9.59 Å². The number of carbonyl (C=O) groups excluding carboxylic acids is 2. The van der Waals surface area contributed by atoms with Gasteiger partial charge in [0.1, 0.15) is 0 Å². The Bertz CT molecular complexity index is 296. The third kappa shape index (κ3) is 2.52. The SMILES string of the molecule is CNC(=O)C(C)(C)CNC(=O)C1(N)CCC1. The zero-order valence-electron chi connectivity index (χ0n) is 10.2. The fourth-order valence-corrected chi connectivity index (χ4v) is 1.68. The number of carbonyl (C=O) groups is 2. The predicted molar refractivity (Wildman–Crippen MR) is 61.6 cm³/mol.